The summed E-state index contributed by atoms with van der Waals surface area (Å²) in [6.07, 6.45) is 15.5. The summed E-state index contributed by atoms with van der Waals surface area (Å²) >= 11 is 0. The van der Waals surface area contributed by atoms with E-state index in [9.17, 15) is 5.11 Å². The molecule has 9 heteroatoms. The van der Waals surface area contributed by atoms with Crippen molar-refractivity contribution in [2.75, 3.05) is 31.1 Å². The molecule has 4 saturated heterocycles. The zero-order chi connectivity index (χ0) is 30.4. The lowest BCUT2D eigenvalue weighted by molar-refractivity contribution is 0.0836. The second-order valence-electron chi connectivity index (χ2n) is 13.0. The number of hydrogen-bond donors (Lipinski definition) is 2. The first-order chi connectivity index (χ1) is 21.5. The fraction of sp³-hybridized carbons (Fsp3) is 0.571. The van der Waals surface area contributed by atoms with Gasteiger partial charge in [0.1, 0.15) is 29.4 Å². The van der Waals surface area contributed by atoms with E-state index < -0.39 is 5.82 Å². The van der Waals surface area contributed by atoms with Crippen LogP contribution in [-0.4, -0.2) is 74.9 Å². The summed E-state index contributed by atoms with van der Waals surface area (Å²) in [6.45, 7) is 9.53. The predicted molar refractivity (Wildman–Crippen MR) is 173 cm³/mol. The number of pyridine rings is 1. The van der Waals surface area contributed by atoms with E-state index in [0.29, 0.717) is 41.5 Å². The molecule has 234 valence electrons. The number of halogens is 1. The minimum absolute atomic E-state index is 0.0161. The van der Waals surface area contributed by atoms with Crippen molar-refractivity contribution in [3.63, 3.8) is 0 Å². The number of rotatable bonds is 6. The first-order valence-electron chi connectivity index (χ1n) is 16.8. The van der Waals surface area contributed by atoms with Crippen LogP contribution in [0.1, 0.15) is 83.3 Å². The van der Waals surface area contributed by atoms with Gasteiger partial charge in [-0.2, -0.15) is 9.97 Å². The number of nitrogens with one attached hydrogen (secondary N) is 1. The summed E-state index contributed by atoms with van der Waals surface area (Å²) in [6, 6.07) is 5.01. The van der Waals surface area contributed by atoms with Crippen LogP contribution in [0.5, 0.6) is 11.8 Å². The van der Waals surface area contributed by atoms with Gasteiger partial charge in [-0.15, -0.1) is 0 Å². The van der Waals surface area contributed by atoms with E-state index in [0.717, 1.165) is 75.7 Å². The highest BCUT2D eigenvalue weighted by atomic mass is 19.1. The zero-order valence-electron chi connectivity index (χ0n) is 26.3. The van der Waals surface area contributed by atoms with E-state index in [1.807, 2.05) is 19.9 Å². The van der Waals surface area contributed by atoms with Crippen molar-refractivity contribution in [3.8, 4) is 23.0 Å². The smallest absolute Gasteiger partial charge is 0.319 e. The summed E-state index contributed by atoms with van der Waals surface area (Å²) in [7, 11) is 0. The van der Waals surface area contributed by atoms with Crippen molar-refractivity contribution in [2.45, 2.75) is 102 Å². The number of anilines is 1. The predicted octanol–water partition coefficient (Wildman–Crippen LogP) is 6.25. The fourth-order valence-electron chi connectivity index (χ4n) is 8.46. The molecule has 0 radical (unpaired) electrons. The van der Waals surface area contributed by atoms with E-state index in [-0.39, 0.29) is 28.5 Å². The monoisotopic (exact) mass is 600 g/mol. The Morgan fingerprint density at radius 3 is 2.73 bits per heavy atom. The average molecular weight is 601 g/mol. The number of aryl methyl sites for hydroxylation is 1. The van der Waals surface area contributed by atoms with E-state index in [4.69, 9.17) is 14.7 Å². The van der Waals surface area contributed by atoms with Crippen LogP contribution in [0.2, 0.25) is 0 Å². The number of aromatic hydroxyl groups is 1. The SMILES string of the molecule is CC.CCC1CCC2(COc3nc(N4CC5CCC(C4)N5)c4cnc(-c5cc(O)cc6c5C=CCC6)c(F)c4n3)CCCN12. The normalized spacial score (nSPS) is 27.3. The molecule has 0 spiro atoms. The lowest BCUT2D eigenvalue weighted by atomic mass is 9.91. The van der Waals surface area contributed by atoms with Crippen molar-refractivity contribution in [1.82, 2.24) is 25.2 Å². The number of hydrogen-bond acceptors (Lipinski definition) is 8. The topological polar surface area (TPSA) is 86.6 Å². The third kappa shape index (κ3) is 5.02. The Bertz CT molecular complexity index is 1570. The van der Waals surface area contributed by atoms with Crippen molar-refractivity contribution < 1.29 is 14.2 Å². The molecule has 1 aliphatic carbocycles. The molecular formula is C35H45FN6O2. The number of allylic oxidation sites excluding steroid dienone is 1. The number of fused-ring (bicyclic) bond motifs is 5. The number of nitrogens with zero attached hydrogens (tertiary/aromatic N) is 5. The Morgan fingerprint density at radius 1 is 1.11 bits per heavy atom. The van der Waals surface area contributed by atoms with Crippen LogP contribution >= 0.6 is 0 Å². The molecule has 0 amide bonds. The maximum absolute atomic E-state index is 16.6. The molecule has 3 aromatic rings. The quantitative estimate of drug-likeness (QED) is 0.344. The second kappa shape index (κ2) is 11.9. The minimum atomic E-state index is -0.501. The van der Waals surface area contributed by atoms with Crippen molar-refractivity contribution in [3.05, 3.63) is 41.3 Å². The number of phenolic OH excluding ortho intramolecular Hbond substituents is 1. The van der Waals surface area contributed by atoms with Crippen molar-refractivity contribution in [1.29, 1.82) is 0 Å². The van der Waals surface area contributed by atoms with E-state index >= 15 is 4.39 Å². The van der Waals surface area contributed by atoms with Gasteiger partial charge < -0.3 is 20.1 Å². The lowest BCUT2D eigenvalue weighted by Crippen LogP contribution is -2.51. The molecule has 6 heterocycles. The number of phenols is 1. The first kappa shape index (κ1) is 29.4. The van der Waals surface area contributed by atoms with Crippen LogP contribution < -0.4 is 15.0 Å². The summed E-state index contributed by atoms with van der Waals surface area (Å²) < 4.78 is 23.1. The van der Waals surface area contributed by atoms with Gasteiger partial charge in [0.2, 0.25) is 0 Å². The first-order valence-corrected chi connectivity index (χ1v) is 16.8. The molecule has 2 N–H and O–H groups in total. The van der Waals surface area contributed by atoms with E-state index in [2.05, 4.69) is 33.1 Å². The molecule has 4 atom stereocenters. The summed E-state index contributed by atoms with van der Waals surface area (Å²) in [5.41, 5.74) is 2.92. The molecule has 0 saturated carbocycles. The maximum atomic E-state index is 16.6. The molecule has 44 heavy (non-hydrogen) atoms. The van der Waals surface area contributed by atoms with Crippen LogP contribution in [-0.2, 0) is 6.42 Å². The van der Waals surface area contributed by atoms with Gasteiger partial charge >= 0.3 is 6.01 Å². The van der Waals surface area contributed by atoms with Crippen LogP contribution in [0.25, 0.3) is 28.2 Å². The molecule has 1 aromatic carbocycles. The van der Waals surface area contributed by atoms with Gasteiger partial charge in [0, 0.05) is 43.0 Å². The van der Waals surface area contributed by atoms with Crippen molar-refractivity contribution in [2.24, 2.45) is 0 Å². The molecule has 4 unspecified atom stereocenters. The number of aromatic nitrogens is 3. The number of benzene rings is 1. The largest absolute Gasteiger partial charge is 0.508 e. The van der Waals surface area contributed by atoms with Gasteiger partial charge in [-0.05, 0) is 87.6 Å². The van der Waals surface area contributed by atoms with Gasteiger partial charge in [-0.1, -0.05) is 32.9 Å². The van der Waals surface area contributed by atoms with Gasteiger partial charge in [-0.25, -0.2) is 4.39 Å². The Morgan fingerprint density at radius 2 is 1.93 bits per heavy atom. The molecule has 8 rings (SSSR count). The summed E-state index contributed by atoms with van der Waals surface area (Å²) in [5.74, 6) is 0.313. The number of ether oxygens (including phenoxy) is 1. The Labute approximate surface area is 259 Å². The molecule has 5 aliphatic rings. The van der Waals surface area contributed by atoms with Gasteiger partial charge in [0.15, 0.2) is 5.82 Å². The Balaban J connectivity index is 0.00000153. The molecule has 4 fully saturated rings. The Hall–Kier alpha value is -3.30. The standard InChI is InChI=1S/C33H39FN6O2.C2H6/c1-2-23-10-12-33(11-5-13-40(23)33)19-42-32-37-30-27(31(38-32)39-17-21-8-9-22(18-39)36-21)16-35-29(28(30)34)26-15-24(41)14-20-6-3-4-7-25(20)26;1-2/h4,7,14-16,21-23,36,41H,2-3,5-6,8-13,17-19H2,1H3;1-2H3. The summed E-state index contributed by atoms with van der Waals surface area (Å²) in [4.78, 5) is 19.2. The van der Waals surface area contributed by atoms with Crippen LogP contribution in [0.4, 0.5) is 10.2 Å². The minimum Gasteiger partial charge on any atom is -0.508 e. The zero-order valence-corrected chi connectivity index (χ0v) is 26.3. The van der Waals surface area contributed by atoms with E-state index in [1.54, 1.807) is 18.3 Å². The molecule has 2 aromatic heterocycles. The van der Waals surface area contributed by atoms with Gasteiger partial charge in [-0.3, -0.25) is 9.88 Å². The average Bonchev–Trinajstić information content (AvgIpc) is 3.73. The third-order valence-corrected chi connectivity index (χ3v) is 10.5. The highest BCUT2D eigenvalue weighted by Gasteiger charge is 2.49. The van der Waals surface area contributed by atoms with Crippen molar-refractivity contribution >= 4 is 22.8 Å². The molecular weight excluding hydrogens is 555 g/mol. The third-order valence-electron chi connectivity index (χ3n) is 10.5. The molecule has 4 aliphatic heterocycles. The Kier molecular flexibility index (Phi) is 7.95. The highest BCUT2D eigenvalue weighted by Crippen LogP contribution is 2.44. The lowest BCUT2D eigenvalue weighted by Gasteiger charge is -2.35. The molecule has 2 bridgehead atoms. The molecule has 8 nitrogen and oxygen atoms in total. The van der Waals surface area contributed by atoms with E-state index in [1.165, 1.54) is 12.8 Å². The van der Waals surface area contributed by atoms with Crippen LogP contribution in [0.3, 0.4) is 0 Å². The van der Waals surface area contributed by atoms with Gasteiger partial charge in [0.05, 0.1) is 10.9 Å². The van der Waals surface area contributed by atoms with Crippen LogP contribution in [0, 0.1) is 5.82 Å². The number of piperazine rings is 1. The van der Waals surface area contributed by atoms with Crippen LogP contribution in [0.15, 0.2) is 24.4 Å². The van der Waals surface area contributed by atoms with Gasteiger partial charge in [0.25, 0.3) is 0 Å². The highest BCUT2D eigenvalue weighted by molar-refractivity contribution is 5.93. The summed E-state index contributed by atoms with van der Waals surface area (Å²) in [5, 5.41) is 14.8. The fourth-order valence-corrected chi connectivity index (χ4v) is 8.46. The second-order valence-corrected chi connectivity index (χ2v) is 13.0. The maximum Gasteiger partial charge on any atom is 0.319 e.